The van der Waals surface area contributed by atoms with Crippen LogP contribution >= 0.6 is 0 Å². The van der Waals surface area contributed by atoms with Gasteiger partial charge in [0.05, 0.1) is 23.0 Å². The molecule has 1 amide bonds. The van der Waals surface area contributed by atoms with Crippen LogP contribution in [0.3, 0.4) is 0 Å². The fourth-order valence-corrected chi connectivity index (χ4v) is 4.41. The fraction of sp³-hybridized carbons (Fsp3) is 0.240. The first-order valence-corrected chi connectivity index (χ1v) is 11.0. The monoisotopic (exact) mass is 443 g/mol. The summed E-state index contributed by atoms with van der Waals surface area (Å²) in [4.78, 5) is 27.0. The highest BCUT2D eigenvalue weighted by molar-refractivity contribution is 6.37. The number of hydrogen-bond acceptors (Lipinski definition) is 5. The number of hydrogen-bond donors (Lipinski definition) is 3. The number of benzene rings is 2. The number of carboxylic acids is 1. The highest BCUT2D eigenvalue weighted by Gasteiger charge is 2.30. The summed E-state index contributed by atoms with van der Waals surface area (Å²) in [7, 11) is 1.81. The second kappa shape index (κ2) is 8.55. The Bertz CT molecular complexity index is 1250. The minimum atomic E-state index is -1.04. The average Bonchev–Trinajstić information content (AvgIpc) is 3.53. The van der Waals surface area contributed by atoms with Gasteiger partial charge in [-0.1, -0.05) is 12.1 Å². The van der Waals surface area contributed by atoms with Crippen LogP contribution in [0.25, 0.3) is 11.3 Å². The van der Waals surface area contributed by atoms with E-state index in [1.165, 1.54) is 30.5 Å². The van der Waals surface area contributed by atoms with Crippen LogP contribution in [0.4, 0.5) is 11.4 Å². The van der Waals surface area contributed by atoms with Crippen molar-refractivity contribution in [2.24, 2.45) is 7.05 Å². The zero-order valence-corrected chi connectivity index (χ0v) is 18.3. The molecule has 1 aromatic heterocycles. The van der Waals surface area contributed by atoms with Crippen molar-refractivity contribution < 1.29 is 14.7 Å². The smallest absolute Gasteiger partial charge is 0.335 e. The van der Waals surface area contributed by atoms with Crippen LogP contribution in [0.5, 0.6) is 0 Å². The minimum absolute atomic E-state index is 0.125. The second-order valence-electron chi connectivity index (χ2n) is 8.48. The number of fused-ring (bicyclic) bond motifs is 1. The predicted octanol–water partition coefficient (Wildman–Crippen LogP) is 3.65. The molecule has 0 spiro atoms. The Morgan fingerprint density at radius 2 is 1.88 bits per heavy atom. The molecule has 2 aliphatic heterocycles. The zero-order chi connectivity index (χ0) is 22.9. The number of rotatable bonds is 6. The van der Waals surface area contributed by atoms with Gasteiger partial charge in [-0.15, -0.1) is 0 Å². The van der Waals surface area contributed by atoms with Crippen molar-refractivity contribution in [2.75, 3.05) is 23.7 Å². The number of carbonyl (C=O) groups is 2. The third kappa shape index (κ3) is 4.25. The number of nitrogens with zero attached hydrogens (tertiary/aromatic N) is 3. The normalized spacial score (nSPS) is 17.1. The maximum Gasteiger partial charge on any atom is 0.335 e. The van der Waals surface area contributed by atoms with Crippen molar-refractivity contribution in [3.05, 3.63) is 77.1 Å². The summed E-state index contributed by atoms with van der Waals surface area (Å²) in [6.45, 7) is 3.22. The molecule has 3 heterocycles. The molecule has 0 atom stereocenters. The van der Waals surface area contributed by atoms with Crippen molar-refractivity contribution in [3.63, 3.8) is 0 Å². The lowest BCUT2D eigenvalue weighted by atomic mass is 9.99. The SMILES string of the molecule is Cn1cc(C(Nc2ccc(CN3CCCC3)cc2)=C2C(=O)Nc3ccc(C(=O)O)cc32)cn1. The highest BCUT2D eigenvalue weighted by atomic mass is 16.4. The molecule has 3 N–H and O–H groups in total. The number of carbonyl (C=O) groups excluding carboxylic acids is 1. The molecular weight excluding hydrogens is 418 g/mol. The van der Waals surface area contributed by atoms with Gasteiger partial charge in [-0.05, 0) is 61.8 Å². The molecule has 0 unspecified atom stereocenters. The molecule has 0 aliphatic carbocycles. The van der Waals surface area contributed by atoms with E-state index in [9.17, 15) is 14.7 Å². The largest absolute Gasteiger partial charge is 0.478 e. The highest BCUT2D eigenvalue weighted by Crippen LogP contribution is 2.38. The molecule has 33 heavy (non-hydrogen) atoms. The van der Waals surface area contributed by atoms with Crippen LogP contribution < -0.4 is 10.6 Å². The van der Waals surface area contributed by atoms with Crippen LogP contribution in [0.1, 0.15) is 39.9 Å². The summed E-state index contributed by atoms with van der Waals surface area (Å²) in [5.41, 5.74) is 5.05. The molecule has 2 aliphatic rings. The average molecular weight is 444 g/mol. The predicted molar refractivity (Wildman–Crippen MR) is 127 cm³/mol. The van der Waals surface area contributed by atoms with Gasteiger partial charge in [-0.3, -0.25) is 14.4 Å². The van der Waals surface area contributed by atoms with Crippen LogP contribution in [-0.4, -0.2) is 44.8 Å². The summed E-state index contributed by atoms with van der Waals surface area (Å²) in [6.07, 6.45) is 6.02. The van der Waals surface area contributed by atoms with Gasteiger partial charge in [0.15, 0.2) is 0 Å². The van der Waals surface area contributed by atoms with E-state index in [0.29, 0.717) is 22.5 Å². The number of aromatic carboxylic acids is 1. The summed E-state index contributed by atoms with van der Waals surface area (Å²) >= 11 is 0. The van der Waals surface area contributed by atoms with Gasteiger partial charge in [0.2, 0.25) is 0 Å². The maximum atomic E-state index is 13.0. The lowest BCUT2D eigenvalue weighted by molar-refractivity contribution is -0.110. The quantitative estimate of drug-likeness (QED) is 0.503. The Morgan fingerprint density at radius 1 is 1.12 bits per heavy atom. The molecule has 168 valence electrons. The molecule has 1 fully saturated rings. The number of likely N-dealkylation sites (tertiary alicyclic amines) is 1. The van der Waals surface area contributed by atoms with Gasteiger partial charge in [0.25, 0.3) is 5.91 Å². The number of anilines is 2. The number of nitrogens with one attached hydrogen (secondary N) is 2. The van der Waals surface area contributed by atoms with Crippen molar-refractivity contribution >= 4 is 34.5 Å². The standard InChI is InChI=1S/C25H25N5O3/c1-29-15-18(13-26-29)23(22-20-12-17(25(32)33)6-9-21(20)28-24(22)31)27-19-7-4-16(5-8-19)14-30-10-2-3-11-30/h4-9,12-13,15,27H,2-3,10-11,14H2,1H3,(H,28,31)(H,32,33). The van der Waals surface area contributed by atoms with Crippen LogP contribution in [-0.2, 0) is 18.4 Å². The second-order valence-corrected chi connectivity index (χ2v) is 8.48. The number of aryl methyl sites for hydroxylation is 1. The Kier molecular flexibility index (Phi) is 5.43. The van der Waals surface area contributed by atoms with Gasteiger partial charge in [0.1, 0.15) is 0 Å². The van der Waals surface area contributed by atoms with Gasteiger partial charge >= 0.3 is 5.97 Å². The number of aromatic nitrogens is 2. The van der Waals surface area contributed by atoms with E-state index in [0.717, 1.165) is 30.9 Å². The van der Waals surface area contributed by atoms with Crippen molar-refractivity contribution in [2.45, 2.75) is 19.4 Å². The molecule has 1 saturated heterocycles. The first-order valence-electron chi connectivity index (χ1n) is 11.0. The molecule has 8 heteroatoms. The Morgan fingerprint density at radius 3 is 2.55 bits per heavy atom. The lowest BCUT2D eigenvalue weighted by Gasteiger charge is -2.16. The first kappa shape index (κ1) is 21.0. The summed E-state index contributed by atoms with van der Waals surface area (Å²) in [5.74, 6) is -1.33. The molecule has 0 radical (unpaired) electrons. The Labute approximate surface area is 191 Å². The lowest BCUT2D eigenvalue weighted by Crippen LogP contribution is -2.18. The van der Waals surface area contributed by atoms with Crippen LogP contribution in [0.15, 0.2) is 54.9 Å². The van der Waals surface area contributed by atoms with E-state index in [4.69, 9.17) is 0 Å². The summed E-state index contributed by atoms with van der Waals surface area (Å²) in [6, 6.07) is 12.8. The number of amides is 1. The van der Waals surface area contributed by atoms with Gasteiger partial charge < -0.3 is 15.7 Å². The molecule has 3 aromatic rings. The van der Waals surface area contributed by atoms with Gasteiger partial charge in [0, 0.05) is 42.3 Å². The van der Waals surface area contributed by atoms with E-state index >= 15 is 0 Å². The first-order chi connectivity index (χ1) is 16.0. The van der Waals surface area contributed by atoms with Crippen molar-refractivity contribution in [1.29, 1.82) is 0 Å². The fourth-order valence-electron chi connectivity index (χ4n) is 4.41. The van der Waals surface area contributed by atoms with E-state index in [-0.39, 0.29) is 11.5 Å². The van der Waals surface area contributed by atoms with Crippen molar-refractivity contribution in [1.82, 2.24) is 14.7 Å². The van der Waals surface area contributed by atoms with Crippen LogP contribution in [0, 0.1) is 0 Å². The van der Waals surface area contributed by atoms with E-state index in [1.807, 2.05) is 25.4 Å². The minimum Gasteiger partial charge on any atom is -0.478 e. The molecule has 2 aromatic carbocycles. The molecule has 0 saturated carbocycles. The maximum absolute atomic E-state index is 13.0. The van der Waals surface area contributed by atoms with Gasteiger partial charge in [-0.25, -0.2) is 4.79 Å². The van der Waals surface area contributed by atoms with E-state index in [2.05, 4.69) is 32.8 Å². The molecule has 5 rings (SSSR count). The zero-order valence-electron chi connectivity index (χ0n) is 18.3. The summed E-state index contributed by atoms with van der Waals surface area (Å²) < 4.78 is 1.66. The van der Waals surface area contributed by atoms with Gasteiger partial charge in [-0.2, -0.15) is 5.10 Å². The molecule has 8 nitrogen and oxygen atoms in total. The van der Waals surface area contributed by atoms with Crippen LogP contribution in [0.2, 0.25) is 0 Å². The third-order valence-electron chi connectivity index (χ3n) is 6.08. The Hall–Kier alpha value is -3.91. The third-order valence-corrected chi connectivity index (χ3v) is 6.08. The topological polar surface area (TPSA) is 99.5 Å². The Balaban J connectivity index is 1.53. The number of carboxylic acid groups (broad SMARTS) is 1. The van der Waals surface area contributed by atoms with E-state index < -0.39 is 5.97 Å². The van der Waals surface area contributed by atoms with Crippen molar-refractivity contribution in [3.8, 4) is 0 Å². The molecular formula is C25H25N5O3. The summed E-state index contributed by atoms with van der Waals surface area (Å²) in [5, 5.41) is 19.9. The van der Waals surface area contributed by atoms with E-state index in [1.54, 1.807) is 16.9 Å². The molecule has 0 bridgehead atoms.